The lowest BCUT2D eigenvalue weighted by Crippen LogP contribution is -2.22. The van der Waals surface area contributed by atoms with Crippen LogP contribution in [0, 0.1) is 0 Å². The van der Waals surface area contributed by atoms with E-state index in [1.165, 1.54) is 41.4 Å². The van der Waals surface area contributed by atoms with Crippen LogP contribution in [0.5, 0.6) is 0 Å². The van der Waals surface area contributed by atoms with Crippen LogP contribution in [-0.2, 0) is 16.6 Å². The van der Waals surface area contributed by atoms with Gasteiger partial charge in [-0.1, -0.05) is 17.7 Å². The van der Waals surface area contributed by atoms with Gasteiger partial charge in [0.1, 0.15) is 4.90 Å². The quantitative estimate of drug-likeness (QED) is 0.402. The molecule has 0 saturated heterocycles. The van der Waals surface area contributed by atoms with Crippen molar-refractivity contribution in [2.45, 2.75) is 11.4 Å². The first-order valence-corrected chi connectivity index (χ1v) is 12.3. The minimum atomic E-state index is -3.87. The number of hydrogen-bond donors (Lipinski definition) is 2. The predicted molar refractivity (Wildman–Crippen MR) is 126 cm³/mol. The highest BCUT2D eigenvalue weighted by Crippen LogP contribution is 2.24. The number of pyridine rings is 1. The lowest BCUT2D eigenvalue weighted by atomic mass is 10.2. The highest BCUT2D eigenvalue weighted by atomic mass is 35.5. The Morgan fingerprint density at radius 1 is 1.18 bits per heavy atom. The number of thiophene rings is 1. The Labute approximate surface area is 198 Å². The zero-order valence-corrected chi connectivity index (χ0v) is 19.6. The molecule has 3 heterocycles. The average molecular weight is 504 g/mol. The molecule has 0 fully saturated rings. The maximum absolute atomic E-state index is 12.7. The summed E-state index contributed by atoms with van der Waals surface area (Å²) < 4.78 is 31.2. The first-order valence-electron chi connectivity index (χ1n) is 9.61. The summed E-state index contributed by atoms with van der Waals surface area (Å²) in [5.41, 5.74) is 0.987. The van der Waals surface area contributed by atoms with Crippen molar-refractivity contribution < 1.29 is 13.2 Å². The number of halogens is 1. The van der Waals surface area contributed by atoms with Gasteiger partial charge in [-0.2, -0.15) is 0 Å². The van der Waals surface area contributed by atoms with Crippen molar-refractivity contribution >= 4 is 38.9 Å². The molecular formula is C21H18ClN5O4S2. The number of amides is 1. The first kappa shape index (κ1) is 22.9. The fraction of sp³-hybridized carbons (Fsp3) is 0.0952. The largest absolute Gasteiger partial charge is 0.346 e. The van der Waals surface area contributed by atoms with Crippen molar-refractivity contribution in [1.82, 2.24) is 24.2 Å². The Morgan fingerprint density at radius 2 is 2.00 bits per heavy atom. The number of carbonyl (C=O) groups excluding carboxylic acids is 1. The van der Waals surface area contributed by atoms with E-state index in [-0.39, 0.29) is 22.9 Å². The summed E-state index contributed by atoms with van der Waals surface area (Å²) in [6.07, 6.45) is 4.65. The van der Waals surface area contributed by atoms with E-state index in [0.717, 1.165) is 0 Å². The molecule has 1 aromatic carbocycles. The van der Waals surface area contributed by atoms with Crippen LogP contribution < -0.4 is 15.6 Å². The lowest BCUT2D eigenvalue weighted by Gasteiger charge is -2.13. The molecule has 0 aliphatic heterocycles. The van der Waals surface area contributed by atoms with Gasteiger partial charge in [0.2, 0.25) is 10.0 Å². The molecule has 0 spiro atoms. The van der Waals surface area contributed by atoms with Gasteiger partial charge in [-0.25, -0.2) is 18.1 Å². The highest BCUT2D eigenvalue weighted by Gasteiger charge is 2.20. The second kappa shape index (κ2) is 9.32. The van der Waals surface area contributed by atoms with Crippen molar-refractivity contribution in [3.05, 3.63) is 92.5 Å². The van der Waals surface area contributed by atoms with Gasteiger partial charge >= 0.3 is 0 Å². The van der Waals surface area contributed by atoms with Gasteiger partial charge in [0.25, 0.3) is 11.5 Å². The second-order valence-electron chi connectivity index (χ2n) is 6.83. The van der Waals surface area contributed by atoms with Crippen LogP contribution in [-0.4, -0.2) is 35.5 Å². The van der Waals surface area contributed by atoms with Gasteiger partial charge in [0, 0.05) is 18.5 Å². The Morgan fingerprint density at radius 3 is 2.70 bits per heavy atom. The Balaban J connectivity index is 1.65. The van der Waals surface area contributed by atoms with Crippen LogP contribution in [0.3, 0.4) is 0 Å². The summed E-state index contributed by atoms with van der Waals surface area (Å²) in [5, 5.41) is 2.75. The minimum absolute atomic E-state index is 0.0283. The summed E-state index contributed by atoms with van der Waals surface area (Å²) in [5.74, 6) is -0.280. The molecule has 33 heavy (non-hydrogen) atoms. The SMILES string of the molecule is CNS(=O)(=O)c1cc(-n2ccccc2=O)ccc1-n1cnc(CNC(=O)c2ccc(Cl)s2)c1. The fourth-order valence-corrected chi connectivity index (χ4v) is 5.02. The van der Waals surface area contributed by atoms with E-state index in [1.807, 2.05) is 0 Å². The van der Waals surface area contributed by atoms with Gasteiger partial charge in [0.15, 0.2) is 0 Å². The smallest absolute Gasteiger partial charge is 0.261 e. The monoisotopic (exact) mass is 503 g/mol. The van der Waals surface area contributed by atoms with E-state index in [4.69, 9.17) is 11.6 Å². The normalized spacial score (nSPS) is 11.5. The summed E-state index contributed by atoms with van der Waals surface area (Å²) in [7, 11) is -2.55. The fourth-order valence-electron chi connectivity index (χ4n) is 3.11. The number of aromatic nitrogens is 3. The van der Waals surface area contributed by atoms with Crippen LogP contribution in [0.4, 0.5) is 0 Å². The zero-order chi connectivity index (χ0) is 23.6. The third-order valence-corrected chi connectivity index (χ3v) is 7.42. The molecular weight excluding hydrogens is 486 g/mol. The molecule has 4 rings (SSSR count). The number of nitrogens with zero attached hydrogens (tertiary/aromatic N) is 3. The molecule has 0 aliphatic rings. The van der Waals surface area contributed by atoms with Crippen LogP contribution in [0.15, 0.2) is 76.9 Å². The Bertz CT molecular complexity index is 1490. The third kappa shape index (κ3) is 4.91. The van der Waals surface area contributed by atoms with Crippen LogP contribution >= 0.6 is 22.9 Å². The lowest BCUT2D eigenvalue weighted by molar-refractivity contribution is 0.0954. The van der Waals surface area contributed by atoms with E-state index in [9.17, 15) is 18.0 Å². The summed E-state index contributed by atoms with van der Waals surface area (Å²) in [4.78, 5) is 29.1. The average Bonchev–Trinajstić information content (AvgIpc) is 3.46. The number of hydrogen-bond acceptors (Lipinski definition) is 6. The Hall–Kier alpha value is -3.25. The first-order chi connectivity index (χ1) is 15.8. The maximum atomic E-state index is 12.7. The Kier molecular flexibility index (Phi) is 6.47. The molecule has 0 saturated carbocycles. The molecule has 12 heteroatoms. The van der Waals surface area contributed by atoms with Crippen molar-refractivity contribution in [1.29, 1.82) is 0 Å². The van der Waals surface area contributed by atoms with Crippen LogP contribution in [0.2, 0.25) is 4.34 Å². The van der Waals surface area contributed by atoms with Gasteiger partial charge in [-0.3, -0.25) is 14.2 Å². The predicted octanol–water partition coefficient (Wildman–Crippen LogP) is 2.58. The molecule has 0 unspecified atom stereocenters. The number of nitrogens with one attached hydrogen (secondary N) is 2. The van der Waals surface area contributed by atoms with Crippen molar-refractivity contribution in [3.63, 3.8) is 0 Å². The maximum Gasteiger partial charge on any atom is 0.261 e. The zero-order valence-electron chi connectivity index (χ0n) is 17.2. The van der Waals surface area contributed by atoms with E-state index >= 15 is 0 Å². The summed E-state index contributed by atoms with van der Waals surface area (Å²) >= 11 is 7.04. The van der Waals surface area contributed by atoms with Crippen molar-refractivity contribution in [2.24, 2.45) is 0 Å². The minimum Gasteiger partial charge on any atom is -0.346 e. The van der Waals surface area contributed by atoms with Crippen LogP contribution in [0.1, 0.15) is 15.4 Å². The number of carbonyl (C=O) groups is 1. The number of imidazole rings is 1. The molecule has 3 aromatic heterocycles. The molecule has 2 N–H and O–H groups in total. The molecule has 0 bridgehead atoms. The molecule has 4 aromatic rings. The second-order valence-corrected chi connectivity index (χ2v) is 10.4. The van der Waals surface area contributed by atoms with E-state index in [1.54, 1.807) is 53.4 Å². The molecule has 9 nitrogen and oxygen atoms in total. The number of sulfonamides is 1. The van der Waals surface area contributed by atoms with Crippen molar-refractivity contribution in [2.75, 3.05) is 7.05 Å². The number of benzene rings is 1. The summed E-state index contributed by atoms with van der Waals surface area (Å²) in [6.45, 7) is 0.146. The molecule has 0 radical (unpaired) electrons. The summed E-state index contributed by atoms with van der Waals surface area (Å²) in [6, 6.07) is 12.6. The molecule has 170 valence electrons. The third-order valence-electron chi connectivity index (χ3n) is 4.74. The van der Waals surface area contributed by atoms with Gasteiger partial charge in [0.05, 0.1) is 39.2 Å². The molecule has 0 atom stereocenters. The van der Waals surface area contributed by atoms with E-state index in [0.29, 0.717) is 26.3 Å². The van der Waals surface area contributed by atoms with Gasteiger partial charge in [-0.05, 0) is 43.4 Å². The van der Waals surface area contributed by atoms with Crippen molar-refractivity contribution in [3.8, 4) is 11.4 Å². The van der Waals surface area contributed by atoms with Crippen LogP contribution in [0.25, 0.3) is 11.4 Å². The molecule has 0 aliphatic carbocycles. The van der Waals surface area contributed by atoms with E-state index < -0.39 is 10.0 Å². The van der Waals surface area contributed by atoms with E-state index in [2.05, 4.69) is 15.0 Å². The standard InChI is InChI=1S/C21H18ClN5O4S2/c1-23-33(30,31)18-10-15(27-9-3-2-4-20(27)28)5-6-16(18)26-12-14(25-13-26)11-24-21(29)17-7-8-19(22)32-17/h2-10,12-13,23H,11H2,1H3,(H,24,29). The molecule has 1 amide bonds. The topological polar surface area (TPSA) is 115 Å². The van der Waals surface area contributed by atoms with Gasteiger partial charge in [-0.15, -0.1) is 11.3 Å². The number of rotatable bonds is 7. The highest BCUT2D eigenvalue weighted by molar-refractivity contribution is 7.89. The van der Waals surface area contributed by atoms with Gasteiger partial charge < -0.3 is 9.88 Å².